The van der Waals surface area contributed by atoms with E-state index in [0.29, 0.717) is 34.7 Å². The fraction of sp³-hybridized carbons (Fsp3) is 0.588. The van der Waals surface area contributed by atoms with Gasteiger partial charge < -0.3 is 15.4 Å². The highest BCUT2D eigenvalue weighted by atomic mass is 35.5. The Bertz CT molecular complexity index is 532. The summed E-state index contributed by atoms with van der Waals surface area (Å²) in [7, 11) is 1.58. The van der Waals surface area contributed by atoms with Gasteiger partial charge in [-0.3, -0.25) is 4.79 Å². The summed E-state index contributed by atoms with van der Waals surface area (Å²) >= 11 is 6.09. The fourth-order valence-corrected chi connectivity index (χ4v) is 3.11. The molecule has 23 heavy (non-hydrogen) atoms. The van der Waals surface area contributed by atoms with Crippen molar-refractivity contribution in [3.05, 3.63) is 22.7 Å². The minimum Gasteiger partial charge on any atom is -0.495 e. The van der Waals surface area contributed by atoms with E-state index in [1.54, 1.807) is 13.2 Å². The Morgan fingerprint density at radius 1 is 1.52 bits per heavy atom. The highest BCUT2D eigenvalue weighted by Gasteiger charge is 2.22. The number of hydrogen-bond acceptors (Lipinski definition) is 3. The van der Waals surface area contributed by atoms with Crippen LogP contribution in [0.5, 0.6) is 5.75 Å². The number of methoxy groups -OCH3 is 1. The van der Waals surface area contributed by atoms with Crippen molar-refractivity contribution in [1.82, 2.24) is 5.32 Å². The Labute approximate surface area is 149 Å². The van der Waals surface area contributed by atoms with Gasteiger partial charge in [-0.15, -0.1) is 12.4 Å². The Balaban J connectivity index is 0.00000264. The maximum atomic E-state index is 12.3. The van der Waals surface area contributed by atoms with Crippen molar-refractivity contribution in [1.29, 1.82) is 0 Å². The van der Waals surface area contributed by atoms with E-state index in [0.717, 1.165) is 18.7 Å². The van der Waals surface area contributed by atoms with Gasteiger partial charge in [0.2, 0.25) is 5.91 Å². The summed E-state index contributed by atoms with van der Waals surface area (Å²) < 4.78 is 5.29. The number of rotatable bonds is 5. The fourth-order valence-electron chi connectivity index (χ4n) is 2.95. The molecule has 1 amide bonds. The minimum atomic E-state index is 0. The first-order valence-corrected chi connectivity index (χ1v) is 8.23. The van der Waals surface area contributed by atoms with Crippen LogP contribution in [0.15, 0.2) is 12.1 Å². The second kappa shape index (κ2) is 9.36. The first-order valence-electron chi connectivity index (χ1n) is 7.86. The predicted octanol–water partition coefficient (Wildman–Crippen LogP) is 4.04. The Morgan fingerprint density at radius 2 is 2.26 bits per heavy atom. The molecule has 0 saturated carbocycles. The van der Waals surface area contributed by atoms with E-state index in [4.69, 9.17) is 16.3 Å². The van der Waals surface area contributed by atoms with Crippen molar-refractivity contribution in [2.75, 3.05) is 25.5 Å². The molecule has 130 valence electrons. The number of ether oxygens (including phenoxy) is 1. The summed E-state index contributed by atoms with van der Waals surface area (Å²) in [5.41, 5.74) is 1.60. The molecule has 4 nitrogen and oxygen atoms in total. The largest absolute Gasteiger partial charge is 0.495 e. The number of nitrogens with one attached hydrogen (secondary N) is 2. The van der Waals surface area contributed by atoms with Crippen molar-refractivity contribution in [2.24, 2.45) is 11.8 Å². The van der Waals surface area contributed by atoms with Gasteiger partial charge in [0.15, 0.2) is 0 Å². The van der Waals surface area contributed by atoms with E-state index in [1.165, 1.54) is 12.8 Å². The van der Waals surface area contributed by atoms with Gasteiger partial charge in [-0.05, 0) is 56.3 Å². The highest BCUT2D eigenvalue weighted by Crippen LogP contribution is 2.31. The van der Waals surface area contributed by atoms with Gasteiger partial charge in [0.1, 0.15) is 5.75 Å². The molecule has 0 radical (unpaired) electrons. The molecule has 0 spiro atoms. The molecule has 0 aliphatic carbocycles. The molecule has 1 aromatic carbocycles. The third-order valence-corrected chi connectivity index (χ3v) is 4.81. The Kier molecular flexibility index (Phi) is 8.17. The summed E-state index contributed by atoms with van der Waals surface area (Å²) in [6, 6.07) is 3.59. The van der Waals surface area contributed by atoms with Gasteiger partial charge in [-0.1, -0.05) is 18.5 Å². The lowest BCUT2D eigenvalue weighted by atomic mass is 9.85. The quantitative estimate of drug-likeness (QED) is 0.832. The van der Waals surface area contributed by atoms with Gasteiger partial charge >= 0.3 is 0 Å². The Morgan fingerprint density at radius 3 is 2.87 bits per heavy atom. The van der Waals surface area contributed by atoms with Crippen molar-refractivity contribution in [3.8, 4) is 5.75 Å². The van der Waals surface area contributed by atoms with Gasteiger partial charge in [-0.25, -0.2) is 0 Å². The summed E-state index contributed by atoms with van der Waals surface area (Å²) in [5.74, 6) is 1.56. The molecule has 1 saturated heterocycles. The summed E-state index contributed by atoms with van der Waals surface area (Å²) in [6.45, 7) is 6.17. The zero-order valence-electron chi connectivity index (χ0n) is 13.9. The molecule has 2 atom stereocenters. The lowest BCUT2D eigenvalue weighted by Crippen LogP contribution is -2.34. The van der Waals surface area contributed by atoms with E-state index in [9.17, 15) is 4.79 Å². The van der Waals surface area contributed by atoms with Gasteiger partial charge in [0.05, 0.1) is 12.8 Å². The SMILES string of the molecule is COc1cc(Cl)c(C)cc1NC(=O)CC(C)C1CCCNC1.Cl. The van der Waals surface area contributed by atoms with E-state index in [2.05, 4.69) is 17.6 Å². The zero-order chi connectivity index (χ0) is 16.1. The molecule has 2 unspecified atom stereocenters. The number of aryl methyl sites for hydroxylation is 1. The van der Waals surface area contributed by atoms with Crippen LogP contribution in [0.2, 0.25) is 5.02 Å². The molecule has 6 heteroatoms. The average Bonchev–Trinajstić information content (AvgIpc) is 2.51. The standard InChI is InChI=1S/C17H25ClN2O2.ClH/c1-11(13-5-4-6-19-10-13)8-17(21)20-15-7-12(2)14(18)9-16(15)22-3;/h7,9,11,13,19H,4-6,8,10H2,1-3H3,(H,20,21);1H. The minimum absolute atomic E-state index is 0. The summed E-state index contributed by atoms with van der Waals surface area (Å²) in [5, 5.41) is 7.00. The molecule has 2 N–H and O–H groups in total. The lowest BCUT2D eigenvalue weighted by molar-refractivity contribution is -0.117. The predicted molar refractivity (Wildman–Crippen MR) is 98.0 cm³/mol. The molecular formula is C17H26Cl2N2O2. The second-order valence-corrected chi connectivity index (χ2v) is 6.54. The van der Waals surface area contributed by atoms with E-state index >= 15 is 0 Å². The molecule has 1 aromatic rings. The topological polar surface area (TPSA) is 50.4 Å². The van der Waals surface area contributed by atoms with Crippen molar-refractivity contribution < 1.29 is 9.53 Å². The van der Waals surface area contributed by atoms with Crippen LogP contribution >= 0.6 is 24.0 Å². The maximum Gasteiger partial charge on any atom is 0.224 e. The van der Waals surface area contributed by atoms with Crippen LogP contribution in [0.3, 0.4) is 0 Å². The molecule has 1 aliphatic heterocycles. The van der Waals surface area contributed by atoms with E-state index in [1.807, 2.05) is 13.0 Å². The highest BCUT2D eigenvalue weighted by molar-refractivity contribution is 6.31. The van der Waals surface area contributed by atoms with Gasteiger partial charge in [0.25, 0.3) is 0 Å². The second-order valence-electron chi connectivity index (χ2n) is 6.14. The van der Waals surface area contributed by atoms with Crippen LogP contribution in [-0.4, -0.2) is 26.1 Å². The van der Waals surface area contributed by atoms with Crippen molar-refractivity contribution >= 4 is 35.6 Å². The van der Waals surface area contributed by atoms with Crippen LogP contribution in [0.25, 0.3) is 0 Å². The summed E-state index contributed by atoms with van der Waals surface area (Å²) in [6.07, 6.45) is 2.92. The van der Waals surface area contributed by atoms with Crippen LogP contribution < -0.4 is 15.4 Å². The first kappa shape index (κ1) is 20.1. The maximum absolute atomic E-state index is 12.3. The number of carbonyl (C=O) groups is 1. The zero-order valence-corrected chi connectivity index (χ0v) is 15.5. The number of amides is 1. The van der Waals surface area contributed by atoms with Crippen molar-refractivity contribution in [3.63, 3.8) is 0 Å². The average molecular weight is 361 g/mol. The molecule has 1 heterocycles. The number of hydrogen-bond donors (Lipinski definition) is 2. The number of halogens is 2. The molecule has 0 aromatic heterocycles. The summed E-state index contributed by atoms with van der Waals surface area (Å²) in [4.78, 5) is 12.3. The number of carbonyl (C=O) groups excluding carboxylic acids is 1. The van der Waals surface area contributed by atoms with Crippen LogP contribution in [0.4, 0.5) is 5.69 Å². The third kappa shape index (κ3) is 5.55. The van der Waals surface area contributed by atoms with E-state index < -0.39 is 0 Å². The van der Waals surface area contributed by atoms with Crippen LogP contribution in [0, 0.1) is 18.8 Å². The van der Waals surface area contributed by atoms with Gasteiger partial charge in [-0.2, -0.15) is 0 Å². The molecule has 0 bridgehead atoms. The number of piperidine rings is 1. The lowest BCUT2D eigenvalue weighted by Gasteiger charge is -2.28. The number of anilines is 1. The first-order chi connectivity index (χ1) is 10.5. The Hall–Kier alpha value is -0.970. The molecular weight excluding hydrogens is 335 g/mol. The number of benzene rings is 1. The van der Waals surface area contributed by atoms with Gasteiger partial charge in [0, 0.05) is 17.5 Å². The monoisotopic (exact) mass is 360 g/mol. The molecule has 1 fully saturated rings. The normalized spacial score (nSPS) is 18.7. The third-order valence-electron chi connectivity index (χ3n) is 4.40. The molecule has 2 rings (SSSR count). The smallest absolute Gasteiger partial charge is 0.224 e. The molecule has 1 aliphatic rings. The van der Waals surface area contributed by atoms with Crippen LogP contribution in [-0.2, 0) is 4.79 Å². The van der Waals surface area contributed by atoms with Crippen molar-refractivity contribution in [2.45, 2.75) is 33.1 Å². The van der Waals surface area contributed by atoms with Crippen LogP contribution in [0.1, 0.15) is 31.7 Å². The van der Waals surface area contributed by atoms with E-state index in [-0.39, 0.29) is 18.3 Å².